The van der Waals surface area contributed by atoms with E-state index in [9.17, 15) is 0 Å². The van der Waals surface area contributed by atoms with Gasteiger partial charge in [-0.05, 0) is 78.6 Å². The number of aromatic nitrogens is 5. The first-order chi connectivity index (χ1) is 27.8. The third-order valence-corrected chi connectivity index (χ3v) is 11.0. The van der Waals surface area contributed by atoms with E-state index in [1.165, 1.54) is 43.7 Å². The van der Waals surface area contributed by atoms with Gasteiger partial charge in [-0.3, -0.25) is 0 Å². The summed E-state index contributed by atoms with van der Waals surface area (Å²) in [5.41, 5.74) is 12.2. The molecule has 56 heavy (non-hydrogen) atoms. The fourth-order valence-corrected chi connectivity index (χ4v) is 8.35. The predicted octanol–water partition coefficient (Wildman–Crippen LogP) is 12.8. The first kappa shape index (κ1) is 32.1. The van der Waals surface area contributed by atoms with Crippen LogP contribution in [0.4, 0.5) is 0 Å². The number of para-hydroxylation sites is 3. The molecule has 0 bridgehead atoms. The molecule has 0 saturated carbocycles. The second-order valence-corrected chi connectivity index (χ2v) is 14.4. The Kier molecular flexibility index (Phi) is 7.56. The van der Waals surface area contributed by atoms with E-state index >= 15 is 0 Å². The lowest BCUT2D eigenvalue weighted by Crippen LogP contribution is -2.03. The minimum Gasteiger partial charge on any atom is -0.309 e. The number of hydrogen-bond donors (Lipinski definition) is 0. The van der Waals surface area contributed by atoms with E-state index in [4.69, 9.17) is 15.0 Å². The molecule has 264 valence electrons. The molecule has 0 atom stereocenters. The van der Waals surface area contributed by atoms with Gasteiger partial charge < -0.3 is 9.13 Å². The van der Waals surface area contributed by atoms with Gasteiger partial charge in [0.2, 0.25) is 0 Å². The number of nitrogens with zero attached hydrogens (tertiary/aromatic N) is 5. The van der Waals surface area contributed by atoms with E-state index in [1.54, 1.807) is 0 Å². The van der Waals surface area contributed by atoms with Gasteiger partial charge in [0.05, 0.1) is 22.1 Å². The molecular formula is C51H35N5. The van der Waals surface area contributed by atoms with Gasteiger partial charge in [0.1, 0.15) is 0 Å². The molecule has 0 unspecified atom stereocenters. The molecular weight excluding hydrogens is 683 g/mol. The number of hydrogen-bond acceptors (Lipinski definition) is 3. The van der Waals surface area contributed by atoms with Gasteiger partial charge in [-0.1, -0.05) is 133 Å². The molecule has 0 fully saturated rings. The standard InChI is InChI=1S/C51H35N5/c1-4-15-34(16-5-1)49-52-50(35-17-6-2-7-18-35)54-51(53-49)38-19-14-22-40(31-38)56-45-25-12-10-23-41(45)43-29-27-37(33-48(43)56)36-28-30-47-44(32-36)42-24-11-13-26-46(42)55(47)39-20-8-3-9-21-39/h1,3-6,8-33H,2,7H2. The molecule has 3 heterocycles. The highest BCUT2D eigenvalue weighted by Crippen LogP contribution is 2.38. The van der Waals surface area contributed by atoms with Crippen LogP contribution in [0.3, 0.4) is 0 Å². The Bertz CT molecular complexity index is 3190. The Balaban J connectivity index is 1.07. The molecule has 5 nitrogen and oxygen atoms in total. The Labute approximate surface area is 324 Å². The summed E-state index contributed by atoms with van der Waals surface area (Å²) >= 11 is 0. The maximum Gasteiger partial charge on any atom is 0.164 e. The Morgan fingerprint density at radius 2 is 0.929 bits per heavy atom. The maximum atomic E-state index is 5.07. The van der Waals surface area contributed by atoms with Crippen molar-refractivity contribution in [2.24, 2.45) is 0 Å². The monoisotopic (exact) mass is 717 g/mol. The van der Waals surface area contributed by atoms with E-state index in [1.807, 2.05) is 18.2 Å². The number of fused-ring (bicyclic) bond motifs is 6. The predicted molar refractivity (Wildman–Crippen MR) is 231 cm³/mol. The molecule has 0 radical (unpaired) electrons. The second-order valence-electron chi connectivity index (χ2n) is 14.4. The van der Waals surface area contributed by atoms with Crippen LogP contribution in [0.25, 0.3) is 94.5 Å². The van der Waals surface area contributed by atoms with Gasteiger partial charge in [0, 0.05) is 49.6 Å². The molecule has 1 aliphatic carbocycles. The third-order valence-electron chi connectivity index (χ3n) is 11.0. The SMILES string of the molecule is C1=CC(c2nc(-c3ccccc3)nc(-c3cccc(-n4c5ccccc5c5ccc(-c6ccc7c(c6)c6ccccc6n7-c6ccccc6)cc54)c3)n2)=CCC1. The van der Waals surface area contributed by atoms with Crippen molar-refractivity contribution in [2.45, 2.75) is 12.8 Å². The van der Waals surface area contributed by atoms with Crippen molar-refractivity contribution in [1.82, 2.24) is 24.1 Å². The Hall–Kier alpha value is -7.37. The lowest BCUT2D eigenvalue weighted by atomic mass is 10.0. The van der Waals surface area contributed by atoms with Crippen LogP contribution in [-0.2, 0) is 0 Å². The average Bonchev–Trinajstić information content (AvgIpc) is 3.79. The van der Waals surface area contributed by atoms with E-state index in [0.717, 1.165) is 51.9 Å². The molecule has 7 aromatic carbocycles. The van der Waals surface area contributed by atoms with Crippen LogP contribution in [-0.4, -0.2) is 24.1 Å². The quantitative estimate of drug-likeness (QED) is 0.172. The zero-order chi connectivity index (χ0) is 37.0. The number of benzene rings is 7. The molecule has 0 saturated heterocycles. The van der Waals surface area contributed by atoms with Crippen LogP contribution in [0.1, 0.15) is 18.7 Å². The second kappa shape index (κ2) is 13.2. The van der Waals surface area contributed by atoms with Gasteiger partial charge in [-0.15, -0.1) is 0 Å². The smallest absolute Gasteiger partial charge is 0.164 e. The van der Waals surface area contributed by atoms with Crippen LogP contribution in [0.5, 0.6) is 0 Å². The first-order valence-electron chi connectivity index (χ1n) is 19.2. The Morgan fingerprint density at radius 1 is 0.357 bits per heavy atom. The van der Waals surface area contributed by atoms with E-state index < -0.39 is 0 Å². The zero-order valence-corrected chi connectivity index (χ0v) is 30.5. The lowest BCUT2D eigenvalue weighted by molar-refractivity contribution is 1.01. The molecule has 1 aliphatic rings. The fourth-order valence-electron chi connectivity index (χ4n) is 8.35. The highest BCUT2D eigenvalue weighted by molar-refractivity contribution is 6.12. The van der Waals surface area contributed by atoms with E-state index in [0.29, 0.717) is 17.5 Å². The van der Waals surface area contributed by atoms with Gasteiger partial charge >= 0.3 is 0 Å². The van der Waals surface area contributed by atoms with Crippen LogP contribution >= 0.6 is 0 Å². The summed E-state index contributed by atoms with van der Waals surface area (Å²) in [7, 11) is 0. The molecule has 0 aliphatic heterocycles. The Morgan fingerprint density at radius 3 is 1.70 bits per heavy atom. The zero-order valence-electron chi connectivity index (χ0n) is 30.5. The van der Waals surface area contributed by atoms with Crippen molar-refractivity contribution >= 4 is 49.2 Å². The molecule has 11 rings (SSSR count). The normalized spacial score (nSPS) is 12.9. The van der Waals surface area contributed by atoms with Crippen molar-refractivity contribution in [1.29, 1.82) is 0 Å². The van der Waals surface area contributed by atoms with Gasteiger partial charge in [0.25, 0.3) is 0 Å². The highest BCUT2D eigenvalue weighted by atomic mass is 15.0. The van der Waals surface area contributed by atoms with Crippen molar-refractivity contribution in [3.8, 4) is 45.3 Å². The van der Waals surface area contributed by atoms with Gasteiger partial charge in [-0.25, -0.2) is 15.0 Å². The molecule has 3 aromatic heterocycles. The van der Waals surface area contributed by atoms with Gasteiger partial charge in [0.15, 0.2) is 17.5 Å². The summed E-state index contributed by atoms with van der Waals surface area (Å²) in [5, 5.41) is 4.90. The summed E-state index contributed by atoms with van der Waals surface area (Å²) < 4.78 is 4.74. The average molecular weight is 718 g/mol. The lowest BCUT2D eigenvalue weighted by Gasteiger charge is -2.13. The van der Waals surface area contributed by atoms with Crippen molar-refractivity contribution in [3.63, 3.8) is 0 Å². The van der Waals surface area contributed by atoms with Crippen molar-refractivity contribution in [2.75, 3.05) is 0 Å². The third kappa shape index (κ3) is 5.36. The molecule has 0 amide bonds. The fraction of sp³-hybridized carbons (Fsp3) is 0.0392. The van der Waals surface area contributed by atoms with Crippen LogP contribution in [0.15, 0.2) is 188 Å². The van der Waals surface area contributed by atoms with Crippen LogP contribution in [0.2, 0.25) is 0 Å². The topological polar surface area (TPSA) is 48.5 Å². The molecule has 0 spiro atoms. The van der Waals surface area contributed by atoms with E-state index in [2.05, 4.69) is 179 Å². The van der Waals surface area contributed by atoms with Crippen molar-refractivity contribution in [3.05, 3.63) is 194 Å². The number of allylic oxidation sites excluding steroid dienone is 4. The summed E-state index contributed by atoms with van der Waals surface area (Å²) in [4.78, 5) is 15.1. The summed E-state index contributed by atoms with van der Waals surface area (Å²) in [6.07, 6.45) is 8.55. The summed E-state index contributed by atoms with van der Waals surface area (Å²) in [5.74, 6) is 2.02. The number of rotatable bonds is 6. The molecule has 0 N–H and O–H groups in total. The molecule has 10 aromatic rings. The van der Waals surface area contributed by atoms with Crippen LogP contribution < -0.4 is 0 Å². The summed E-state index contributed by atoms with van der Waals surface area (Å²) in [6, 6.07) is 60.5. The van der Waals surface area contributed by atoms with Gasteiger partial charge in [-0.2, -0.15) is 0 Å². The molecule has 5 heteroatoms. The minimum absolute atomic E-state index is 0.653. The minimum atomic E-state index is 0.653. The first-order valence-corrected chi connectivity index (χ1v) is 19.2. The maximum absolute atomic E-state index is 5.07. The summed E-state index contributed by atoms with van der Waals surface area (Å²) in [6.45, 7) is 0. The highest BCUT2D eigenvalue weighted by Gasteiger charge is 2.18. The van der Waals surface area contributed by atoms with Crippen molar-refractivity contribution < 1.29 is 0 Å². The largest absolute Gasteiger partial charge is 0.309 e. The van der Waals surface area contributed by atoms with Crippen LogP contribution in [0, 0.1) is 0 Å². The van der Waals surface area contributed by atoms with E-state index in [-0.39, 0.29) is 0 Å².